The van der Waals surface area contributed by atoms with Crippen molar-refractivity contribution in [2.75, 3.05) is 32.7 Å². The maximum Gasteiger partial charge on any atom is 0.339 e. The van der Waals surface area contributed by atoms with Gasteiger partial charge in [0.2, 0.25) is 17.7 Å². The summed E-state index contributed by atoms with van der Waals surface area (Å²) in [7, 11) is 0. The number of ether oxygens (including phenoxy) is 1. The molecule has 3 aliphatic rings. The van der Waals surface area contributed by atoms with E-state index in [2.05, 4.69) is 0 Å². The van der Waals surface area contributed by atoms with E-state index in [0.29, 0.717) is 38.2 Å². The highest BCUT2D eigenvalue weighted by molar-refractivity contribution is 6.04. The van der Waals surface area contributed by atoms with Crippen LogP contribution in [0.25, 0.3) is 0 Å². The number of carbonyl (C=O) groups excluding carboxylic acids is 5. The molecule has 1 aromatic rings. The van der Waals surface area contributed by atoms with Crippen LogP contribution in [-0.4, -0.2) is 82.6 Å². The van der Waals surface area contributed by atoms with Gasteiger partial charge in [0.25, 0.3) is 5.91 Å². The monoisotopic (exact) mass is 413 g/mol. The molecule has 3 aliphatic heterocycles. The van der Waals surface area contributed by atoms with Gasteiger partial charge in [-0.15, -0.1) is 0 Å². The van der Waals surface area contributed by atoms with Crippen molar-refractivity contribution in [2.45, 2.75) is 31.8 Å². The van der Waals surface area contributed by atoms with Crippen LogP contribution in [0.5, 0.6) is 0 Å². The summed E-state index contributed by atoms with van der Waals surface area (Å²) in [4.78, 5) is 65.5. The zero-order chi connectivity index (χ0) is 21.5. The summed E-state index contributed by atoms with van der Waals surface area (Å²) in [5.74, 6) is -1.76. The Morgan fingerprint density at radius 1 is 0.967 bits per heavy atom. The largest absolute Gasteiger partial charge is 0.445 e. The molecule has 0 aromatic heterocycles. The summed E-state index contributed by atoms with van der Waals surface area (Å²) in [6.45, 7) is 2.54. The number of esters is 1. The molecule has 0 aliphatic carbocycles. The standard InChI is InChI=1S/C21H23N3O6/c1-21(12-14-4-2-3-5-15(14)19(28)30-21)20(29)23-10-8-22(9-11-23)18(27)13-24-16(25)6-7-17(24)26/h2-5H,6-13H2,1H3. The Balaban J connectivity index is 1.36. The molecule has 4 amide bonds. The third-order valence-electron chi connectivity index (χ3n) is 5.90. The molecule has 0 bridgehead atoms. The van der Waals surface area contributed by atoms with E-state index in [1.54, 1.807) is 28.9 Å². The van der Waals surface area contributed by atoms with Gasteiger partial charge in [-0.1, -0.05) is 18.2 Å². The molecule has 2 saturated heterocycles. The molecule has 0 N–H and O–H groups in total. The van der Waals surface area contributed by atoms with Crippen LogP contribution in [0.15, 0.2) is 24.3 Å². The summed E-state index contributed by atoms with van der Waals surface area (Å²) in [6, 6.07) is 7.08. The lowest BCUT2D eigenvalue weighted by atomic mass is 9.88. The second kappa shape index (κ2) is 7.55. The Hall–Kier alpha value is -3.23. The molecule has 4 rings (SSSR count). The predicted octanol–water partition coefficient (Wildman–Crippen LogP) is -0.0220. The number of hydrogen-bond donors (Lipinski definition) is 0. The van der Waals surface area contributed by atoms with Crippen molar-refractivity contribution in [3.8, 4) is 0 Å². The Kier molecular flexibility index (Phi) is 5.05. The number of cyclic esters (lactones) is 1. The van der Waals surface area contributed by atoms with Crippen molar-refractivity contribution in [3.63, 3.8) is 0 Å². The molecule has 1 unspecified atom stereocenters. The first-order valence-electron chi connectivity index (χ1n) is 10.00. The van der Waals surface area contributed by atoms with Gasteiger partial charge < -0.3 is 14.5 Å². The Morgan fingerprint density at radius 3 is 2.23 bits per heavy atom. The molecular formula is C21H23N3O6. The molecule has 9 nitrogen and oxygen atoms in total. The van der Waals surface area contributed by atoms with E-state index < -0.39 is 11.6 Å². The molecular weight excluding hydrogens is 390 g/mol. The quantitative estimate of drug-likeness (QED) is 0.510. The van der Waals surface area contributed by atoms with Gasteiger partial charge in [-0.3, -0.25) is 24.1 Å². The van der Waals surface area contributed by atoms with Gasteiger partial charge in [0.1, 0.15) is 6.54 Å². The van der Waals surface area contributed by atoms with Crippen molar-refractivity contribution in [1.82, 2.24) is 14.7 Å². The van der Waals surface area contributed by atoms with Crippen LogP contribution >= 0.6 is 0 Å². The smallest absolute Gasteiger partial charge is 0.339 e. The fraction of sp³-hybridized carbons (Fsp3) is 0.476. The highest BCUT2D eigenvalue weighted by Gasteiger charge is 2.45. The SMILES string of the molecule is CC1(C(=O)N2CCN(C(=O)CN3C(=O)CCC3=O)CC2)Cc2ccccc2C(=O)O1. The minimum absolute atomic E-state index is 0.148. The van der Waals surface area contributed by atoms with Crippen LogP contribution < -0.4 is 0 Å². The van der Waals surface area contributed by atoms with Crippen LogP contribution in [-0.2, 0) is 30.3 Å². The Morgan fingerprint density at radius 2 is 1.57 bits per heavy atom. The maximum atomic E-state index is 13.1. The third kappa shape index (κ3) is 3.55. The second-order valence-electron chi connectivity index (χ2n) is 8.00. The van der Waals surface area contributed by atoms with Crippen molar-refractivity contribution in [3.05, 3.63) is 35.4 Å². The number of rotatable bonds is 3. The number of carbonyl (C=O) groups is 5. The van der Waals surface area contributed by atoms with Crippen molar-refractivity contribution in [1.29, 1.82) is 0 Å². The molecule has 158 valence electrons. The highest BCUT2D eigenvalue weighted by atomic mass is 16.6. The summed E-state index contributed by atoms with van der Waals surface area (Å²) < 4.78 is 5.51. The lowest BCUT2D eigenvalue weighted by Crippen LogP contribution is -2.59. The molecule has 3 heterocycles. The molecule has 2 fully saturated rings. The molecule has 1 aromatic carbocycles. The van der Waals surface area contributed by atoms with Crippen LogP contribution in [0.3, 0.4) is 0 Å². The van der Waals surface area contributed by atoms with Gasteiger partial charge in [-0.2, -0.15) is 0 Å². The van der Waals surface area contributed by atoms with Crippen LogP contribution in [0, 0.1) is 0 Å². The number of likely N-dealkylation sites (tertiary alicyclic amines) is 1. The fourth-order valence-corrected chi connectivity index (χ4v) is 4.18. The topological polar surface area (TPSA) is 104 Å². The van der Waals surface area contributed by atoms with Crippen LogP contribution in [0.1, 0.15) is 35.7 Å². The average Bonchev–Trinajstić information content (AvgIpc) is 3.05. The van der Waals surface area contributed by atoms with E-state index in [9.17, 15) is 24.0 Å². The minimum Gasteiger partial charge on any atom is -0.445 e. The zero-order valence-corrected chi connectivity index (χ0v) is 16.8. The normalized spacial score (nSPS) is 24.0. The maximum absolute atomic E-state index is 13.1. The molecule has 0 saturated carbocycles. The van der Waals surface area contributed by atoms with Gasteiger partial charge >= 0.3 is 5.97 Å². The van der Waals surface area contributed by atoms with Gasteiger partial charge in [0.05, 0.1) is 5.56 Å². The molecule has 30 heavy (non-hydrogen) atoms. The first-order valence-corrected chi connectivity index (χ1v) is 10.00. The molecule has 0 spiro atoms. The van der Waals surface area contributed by atoms with Crippen molar-refractivity contribution >= 4 is 29.6 Å². The van der Waals surface area contributed by atoms with Gasteiger partial charge in [0.15, 0.2) is 5.60 Å². The number of hydrogen-bond acceptors (Lipinski definition) is 6. The number of piperazine rings is 1. The molecule has 0 radical (unpaired) electrons. The van der Waals surface area contributed by atoms with Gasteiger partial charge in [-0.25, -0.2) is 4.79 Å². The average molecular weight is 413 g/mol. The van der Waals surface area contributed by atoms with Gasteiger partial charge in [0, 0.05) is 45.4 Å². The van der Waals surface area contributed by atoms with Crippen LogP contribution in [0.2, 0.25) is 0 Å². The third-order valence-corrected chi connectivity index (χ3v) is 5.90. The second-order valence-corrected chi connectivity index (χ2v) is 8.00. The number of fused-ring (bicyclic) bond motifs is 1. The number of imide groups is 1. The van der Waals surface area contributed by atoms with Crippen molar-refractivity contribution in [2.24, 2.45) is 0 Å². The van der Waals surface area contributed by atoms with E-state index in [-0.39, 0.29) is 43.0 Å². The number of nitrogens with zero attached hydrogens (tertiary/aromatic N) is 3. The predicted molar refractivity (Wildman–Crippen MR) is 103 cm³/mol. The Bertz CT molecular complexity index is 920. The highest BCUT2D eigenvalue weighted by Crippen LogP contribution is 2.30. The summed E-state index contributed by atoms with van der Waals surface area (Å²) >= 11 is 0. The summed E-state index contributed by atoms with van der Waals surface area (Å²) in [5, 5.41) is 0. The number of benzene rings is 1. The fourth-order valence-electron chi connectivity index (χ4n) is 4.18. The summed E-state index contributed by atoms with van der Waals surface area (Å²) in [6.07, 6.45) is 0.593. The minimum atomic E-state index is -1.29. The first-order chi connectivity index (χ1) is 14.3. The van der Waals surface area contributed by atoms with E-state index in [0.717, 1.165) is 10.5 Å². The van der Waals surface area contributed by atoms with E-state index >= 15 is 0 Å². The lowest BCUT2D eigenvalue weighted by molar-refractivity contribution is -0.155. The van der Waals surface area contributed by atoms with Gasteiger partial charge in [-0.05, 0) is 18.6 Å². The molecule has 1 atom stereocenters. The number of amides is 4. The Labute approximate surface area is 173 Å². The van der Waals surface area contributed by atoms with E-state index in [1.807, 2.05) is 12.1 Å². The van der Waals surface area contributed by atoms with E-state index in [1.165, 1.54) is 0 Å². The zero-order valence-electron chi connectivity index (χ0n) is 16.8. The van der Waals surface area contributed by atoms with E-state index in [4.69, 9.17) is 4.74 Å². The first kappa shape index (κ1) is 20.1. The molecule has 9 heteroatoms. The van der Waals surface area contributed by atoms with Crippen molar-refractivity contribution < 1.29 is 28.7 Å². The summed E-state index contributed by atoms with van der Waals surface area (Å²) in [5.41, 5.74) is -0.0333. The van der Waals surface area contributed by atoms with Crippen LogP contribution in [0.4, 0.5) is 0 Å². The lowest BCUT2D eigenvalue weighted by Gasteiger charge is -2.41.